The van der Waals surface area contributed by atoms with E-state index < -0.39 is 0 Å². The molecule has 1 aliphatic carbocycles. The molecule has 0 atom stereocenters. The fourth-order valence-corrected chi connectivity index (χ4v) is 3.78. The standard InChI is InChI=1S/C19H28N2O/c1-15-5-4-6-17(13-15)18(22)21-11-9-19(10-12-21,20(2)3)14-16-7-8-16/h4-6,13,16H,7-12,14H2,1-3H3. The molecule has 1 heterocycles. The van der Waals surface area contributed by atoms with Gasteiger partial charge in [0.1, 0.15) is 0 Å². The lowest BCUT2D eigenvalue weighted by atomic mass is 9.81. The molecule has 0 bridgehead atoms. The Morgan fingerprint density at radius 1 is 1.27 bits per heavy atom. The van der Waals surface area contributed by atoms with Crippen LogP contribution in [0.4, 0.5) is 0 Å². The molecule has 0 unspecified atom stereocenters. The first-order chi connectivity index (χ1) is 10.5. The van der Waals surface area contributed by atoms with E-state index in [-0.39, 0.29) is 5.91 Å². The average molecular weight is 300 g/mol. The molecule has 0 radical (unpaired) electrons. The van der Waals surface area contributed by atoms with Gasteiger partial charge in [-0.15, -0.1) is 0 Å². The third kappa shape index (κ3) is 3.19. The first-order valence-electron chi connectivity index (χ1n) is 8.53. The number of likely N-dealkylation sites (tertiary alicyclic amines) is 1. The van der Waals surface area contributed by atoms with Crippen LogP contribution in [0.15, 0.2) is 24.3 Å². The second-order valence-corrected chi connectivity index (χ2v) is 7.43. The molecule has 1 aliphatic heterocycles. The Balaban J connectivity index is 1.66. The zero-order valence-corrected chi connectivity index (χ0v) is 14.1. The highest BCUT2D eigenvalue weighted by Crippen LogP contribution is 2.42. The van der Waals surface area contributed by atoms with Crippen molar-refractivity contribution in [3.63, 3.8) is 0 Å². The zero-order valence-electron chi connectivity index (χ0n) is 14.1. The minimum absolute atomic E-state index is 0.197. The van der Waals surface area contributed by atoms with Gasteiger partial charge < -0.3 is 9.80 Å². The summed E-state index contributed by atoms with van der Waals surface area (Å²) in [5, 5.41) is 0. The van der Waals surface area contributed by atoms with E-state index >= 15 is 0 Å². The fourth-order valence-electron chi connectivity index (χ4n) is 3.78. The van der Waals surface area contributed by atoms with E-state index in [2.05, 4.69) is 19.0 Å². The Labute approximate surface area is 134 Å². The Morgan fingerprint density at radius 3 is 2.50 bits per heavy atom. The number of nitrogens with zero attached hydrogens (tertiary/aromatic N) is 2. The van der Waals surface area contributed by atoms with Crippen LogP contribution in [0.2, 0.25) is 0 Å². The van der Waals surface area contributed by atoms with Crippen LogP contribution in [0.25, 0.3) is 0 Å². The van der Waals surface area contributed by atoms with Crippen molar-refractivity contribution < 1.29 is 4.79 Å². The lowest BCUT2D eigenvalue weighted by Crippen LogP contribution is -2.54. The molecule has 0 spiro atoms. The van der Waals surface area contributed by atoms with Gasteiger partial charge in [-0.25, -0.2) is 0 Å². The average Bonchev–Trinajstić information content (AvgIpc) is 3.31. The summed E-state index contributed by atoms with van der Waals surface area (Å²) in [6.45, 7) is 3.81. The molecule has 1 aromatic carbocycles. The van der Waals surface area contributed by atoms with Gasteiger partial charge in [0.15, 0.2) is 0 Å². The van der Waals surface area contributed by atoms with Gasteiger partial charge in [0, 0.05) is 24.2 Å². The SMILES string of the molecule is Cc1cccc(C(=O)N2CCC(CC3CC3)(N(C)C)CC2)c1. The fraction of sp³-hybridized carbons (Fsp3) is 0.632. The number of rotatable bonds is 4. The number of carbonyl (C=O) groups excluding carboxylic acids is 1. The first-order valence-corrected chi connectivity index (χ1v) is 8.53. The maximum absolute atomic E-state index is 12.7. The predicted octanol–water partition coefficient (Wildman–Crippen LogP) is 3.33. The second kappa shape index (κ2) is 6.04. The van der Waals surface area contributed by atoms with Crippen molar-refractivity contribution in [3.8, 4) is 0 Å². The summed E-state index contributed by atoms with van der Waals surface area (Å²) < 4.78 is 0. The summed E-state index contributed by atoms with van der Waals surface area (Å²) in [5.74, 6) is 1.13. The highest BCUT2D eigenvalue weighted by Gasteiger charge is 2.41. The maximum Gasteiger partial charge on any atom is 0.253 e. The Hall–Kier alpha value is -1.35. The topological polar surface area (TPSA) is 23.6 Å². The zero-order chi connectivity index (χ0) is 15.7. The molecule has 22 heavy (non-hydrogen) atoms. The van der Waals surface area contributed by atoms with Crippen LogP contribution in [0.3, 0.4) is 0 Å². The van der Waals surface area contributed by atoms with E-state index in [0.717, 1.165) is 43.0 Å². The van der Waals surface area contributed by atoms with Crippen LogP contribution in [-0.4, -0.2) is 48.4 Å². The van der Waals surface area contributed by atoms with Crippen LogP contribution in [-0.2, 0) is 0 Å². The van der Waals surface area contributed by atoms with Crippen LogP contribution in [0.1, 0.15) is 48.0 Å². The maximum atomic E-state index is 12.7. The predicted molar refractivity (Wildman–Crippen MR) is 90.1 cm³/mol. The van der Waals surface area contributed by atoms with Crippen LogP contribution < -0.4 is 0 Å². The number of aryl methyl sites for hydroxylation is 1. The lowest BCUT2D eigenvalue weighted by Gasteiger charge is -2.46. The van der Waals surface area contributed by atoms with E-state index in [0.29, 0.717) is 5.54 Å². The lowest BCUT2D eigenvalue weighted by molar-refractivity contribution is 0.0363. The number of hydrogen-bond acceptors (Lipinski definition) is 2. The largest absolute Gasteiger partial charge is 0.339 e. The Bertz CT molecular complexity index is 540. The van der Waals surface area contributed by atoms with Gasteiger partial charge in [-0.3, -0.25) is 4.79 Å². The van der Waals surface area contributed by atoms with E-state index in [9.17, 15) is 4.79 Å². The van der Waals surface area contributed by atoms with Crippen molar-refractivity contribution in [2.24, 2.45) is 5.92 Å². The van der Waals surface area contributed by atoms with E-state index in [1.807, 2.05) is 36.1 Å². The van der Waals surface area contributed by atoms with Gasteiger partial charge in [0.2, 0.25) is 0 Å². The van der Waals surface area contributed by atoms with Gasteiger partial charge in [-0.05, 0) is 58.3 Å². The Morgan fingerprint density at radius 2 is 1.95 bits per heavy atom. The van der Waals surface area contributed by atoms with Crippen molar-refractivity contribution >= 4 is 5.91 Å². The summed E-state index contributed by atoms with van der Waals surface area (Å²) in [6, 6.07) is 7.96. The van der Waals surface area contributed by atoms with Crippen LogP contribution >= 0.6 is 0 Å². The number of benzene rings is 1. The number of carbonyl (C=O) groups is 1. The molecule has 120 valence electrons. The second-order valence-electron chi connectivity index (χ2n) is 7.43. The normalized spacial score (nSPS) is 21.2. The molecule has 3 heteroatoms. The molecule has 2 aliphatic rings. The molecular formula is C19H28N2O. The highest BCUT2D eigenvalue weighted by molar-refractivity contribution is 5.94. The molecular weight excluding hydrogens is 272 g/mol. The summed E-state index contributed by atoms with van der Waals surface area (Å²) >= 11 is 0. The number of hydrogen-bond donors (Lipinski definition) is 0. The smallest absolute Gasteiger partial charge is 0.253 e. The first kappa shape index (κ1) is 15.5. The van der Waals surface area contributed by atoms with Crippen molar-refractivity contribution in [1.29, 1.82) is 0 Å². The summed E-state index contributed by atoms with van der Waals surface area (Å²) in [6.07, 6.45) is 6.33. The molecule has 3 rings (SSSR count). The molecule has 3 nitrogen and oxygen atoms in total. The number of amides is 1. The molecule has 1 saturated heterocycles. The van der Waals surface area contributed by atoms with Gasteiger partial charge in [0.25, 0.3) is 5.91 Å². The summed E-state index contributed by atoms with van der Waals surface area (Å²) in [5.41, 5.74) is 2.30. The van der Waals surface area contributed by atoms with Crippen molar-refractivity contribution in [2.45, 2.75) is 44.6 Å². The third-order valence-electron chi connectivity index (χ3n) is 5.56. The highest BCUT2D eigenvalue weighted by atomic mass is 16.2. The van der Waals surface area contributed by atoms with Gasteiger partial charge in [-0.1, -0.05) is 30.5 Å². The minimum Gasteiger partial charge on any atom is -0.339 e. The van der Waals surface area contributed by atoms with E-state index in [1.54, 1.807) is 0 Å². The quantitative estimate of drug-likeness (QED) is 0.851. The third-order valence-corrected chi connectivity index (χ3v) is 5.56. The molecule has 1 saturated carbocycles. The van der Waals surface area contributed by atoms with Crippen LogP contribution in [0, 0.1) is 12.8 Å². The molecule has 2 fully saturated rings. The van der Waals surface area contributed by atoms with Gasteiger partial charge in [-0.2, -0.15) is 0 Å². The van der Waals surface area contributed by atoms with E-state index in [4.69, 9.17) is 0 Å². The van der Waals surface area contributed by atoms with E-state index in [1.165, 1.54) is 19.3 Å². The van der Waals surface area contributed by atoms with Crippen molar-refractivity contribution in [2.75, 3.05) is 27.2 Å². The monoisotopic (exact) mass is 300 g/mol. The minimum atomic E-state index is 0.197. The van der Waals surface area contributed by atoms with Crippen molar-refractivity contribution in [3.05, 3.63) is 35.4 Å². The summed E-state index contributed by atoms with van der Waals surface area (Å²) in [4.78, 5) is 17.1. The Kier molecular flexibility index (Phi) is 4.26. The summed E-state index contributed by atoms with van der Waals surface area (Å²) in [7, 11) is 4.42. The number of piperidine rings is 1. The molecule has 1 aromatic rings. The molecule has 1 amide bonds. The molecule has 0 N–H and O–H groups in total. The van der Waals surface area contributed by atoms with Gasteiger partial charge in [0.05, 0.1) is 0 Å². The van der Waals surface area contributed by atoms with Crippen molar-refractivity contribution in [1.82, 2.24) is 9.80 Å². The van der Waals surface area contributed by atoms with Crippen LogP contribution in [0.5, 0.6) is 0 Å². The molecule has 0 aromatic heterocycles. The van der Waals surface area contributed by atoms with Gasteiger partial charge >= 0.3 is 0 Å².